The average molecular weight is 310 g/mol. The van der Waals surface area contributed by atoms with Crippen LogP contribution in [0, 0.1) is 0 Å². The first-order valence-electron chi connectivity index (χ1n) is 6.79. The molecule has 0 amide bonds. The average Bonchev–Trinajstić information content (AvgIpc) is 2.99. The molecule has 0 aliphatic carbocycles. The zero-order chi connectivity index (χ0) is 15.2. The van der Waals surface area contributed by atoms with E-state index in [1.807, 2.05) is 11.8 Å². The second-order valence-electron chi connectivity index (χ2n) is 4.52. The number of ketones is 1. The Hall–Kier alpha value is -1.69. The van der Waals surface area contributed by atoms with Crippen molar-refractivity contribution in [3.05, 3.63) is 23.8 Å². The van der Waals surface area contributed by atoms with E-state index in [4.69, 9.17) is 14.2 Å². The van der Waals surface area contributed by atoms with Gasteiger partial charge in [0.2, 0.25) is 0 Å². The highest BCUT2D eigenvalue weighted by atomic mass is 32.2. The third-order valence-corrected chi connectivity index (χ3v) is 4.20. The number of benzene rings is 1. The highest BCUT2D eigenvalue weighted by Crippen LogP contribution is 2.32. The van der Waals surface area contributed by atoms with Crippen molar-refractivity contribution in [2.24, 2.45) is 0 Å². The summed E-state index contributed by atoms with van der Waals surface area (Å²) in [6, 6.07) is 4.71. The van der Waals surface area contributed by atoms with E-state index in [0.717, 1.165) is 17.9 Å². The molecule has 6 heteroatoms. The van der Waals surface area contributed by atoms with Crippen LogP contribution in [0.2, 0.25) is 0 Å². The van der Waals surface area contributed by atoms with Gasteiger partial charge in [0, 0.05) is 11.3 Å². The maximum absolute atomic E-state index is 11.9. The first-order valence-corrected chi connectivity index (χ1v) is 7.95. The van der Waals surface area contributed by atoms with E-state index in [1.54, 1.807) is 26.2 Å². The van der Waals surface area contributed by atoms with Crippen LogP contribution >= 0.6 is 11.8 Å². The van der Waals surface area contributed by atoms with Gasteiger partial charge >= 0.3 is 5.97 Å². The minimum Gasteiger partial charge on any atom is -0.493 e. The quantitative estimate of drug-likeness (QED) is 0.456. The Balaban J connectivity index is 2.19. The van der Waals surface area contributed by atoms with Crippen LogP contribution in [0.4, 0.5) is 0 Å². The van der Waals surface area contributed by atoms with Crippen LogP contribution in [0.5, 0.6) is 11.5 Å². The third-order valence-electron chi connectivity index (χ3n) is 3.07. The van der Waals surface area contributed by atoms with Crippen molar-refractivity contribution in [1.29, 1.82) is 0 Å². The number of carbonyl (C=O) groups excluding carboxylic acids is 2. The van der Waals surface area contributed by atoms with Crippen LogP contribution in [0.3, 0.4) is 0 Å². The standard InChI is InChI=1S/C15H18O5S/c1-3-19-15(17)14(16)10-4-5-12(18-2)13(8-10)20-11-6-7-21-9-11/h4-5,8,11H,3,6-7,9H2,1-2H3. The van der Waals surface area contributed by atoms with Gasteiger partial charge in [-0.25, -0.2) is 4.79 Å². The molecule has 1 fully saturated rings. The number of methoxy groups -OCH3 is 1. The van der Waals surface area contributed by atoms with Crippen molar-refractivity contribution < 1.29 is 23.8 Å². The van der Waals surface area contributed by atoms with Gasteiger partial charge in [0.1, 0.15) is 6.10 Å². The number of thioether (sulfide) groups is 1. The van der Waals surface area contributed by atoms with Gasteiger partial charge in [-0.05, 0) is 37.3 Å². The van der Waals surface area contributed by atoms with Crippen LogP contribution in [0.25, 0.3) is 0 Å². The molecule has 1 aliphatic heterocycles. The second-order valence-corrected chi connectivity index (χ2v) is 5.67. The van der Waals surface area contributed by atoms with Gasteiger partial charge in [-0.2, -0.15) is 11.8 Å². The Labute approximate surface area is 127 Å². The summed E-state index contributed by atoms with van der Waals surface area (Å²) in [5, 5.41) is 0. The summed E-state index contributed by atoms with van der Waals surface area (Å²) in [6.45, 7) is 1.83. The number of Topliss-reactive ketones (excluding diaryl/α,β-unsaturated/α-hetero) is 1. The van der Waals surface area contributed by atoms with Crippen molar-refractivity contribution >= 4 is 23.5 Å². The van der Waals surface area contributed by atoms with Crippen molar-refractivity contribution in [3.8, 4) is 11.5 Å². The van der Waals surface area contributed by atoms with E-state index in [9.17, 15) is 9.59 Å². The molecular formula is C15H18O5S. The van der Waals surface area contributed by atoms with Gasteiger partial charge < -0.3 is 14.2 Å². The van der Waals surface area contributed by atoms with Crippen LogP contribution in [0.1, 0.15) is 23.7 Å². The van der Waals surface area contributed by atoms with Crippen LogP contribution < -0.4 is 9.47 Å². The Morgan fingerprint density at radius 2 is 2.14 bits per heavy atom. The smallest absolute Gasteiger partial charge is 0.379 e. The van der Waals surface area contributed by atoms with Gasteiger partial charge in [-0.1, -0.05) is 0 Å². The van der Waals surface area contributed by atoms with Crippen molar-refractivity contribution in [2.75, 3.05) is 25.2 Å². The van der Waals surface area contributed by atoms with E-state index in [1.165, 1.54) is 6.07 Å². The fourth-order valence-electron chi connectivity index (χ4n) is 2.01. The SMILES string of the molecule is CCOC(=O)C(=O)c1ccc(OC)c(OC2CCSC2)c1. The Morgan fingerprint density at radius 1 is 1.33 bits per heavy atom. The van der Waals surface area contributed by atoms with Crippen molar-refractivity contribution in [1.82, 2.24) is 0 Å². The molecule has 0 bridgehead atoms. The summed E-state index contributed by atoms with van der Waals surface area (Å²) >= 11 is 1.83. The predicted molar refractivity (Wildman–Crippen MR) is 80.3 cm³/mol. The molecule has 1 atom stereocenters. The molecular weight excluding hydrogens is 292 g/mol. The van der Waals surface area contributed by atoms with E-state index in [2.05, 4.69) is 0 Å². The zero-order valence-electron chi connectivity index (χ0n) is 12.1. The van der Waals surface area contributed by atoms with E-state index < -0.39 is 11.8 Å². The fraction of sp³-hybridized carbons (Fsp3) is 0.467. The maximum Gasteiger partial charge on any atom is 0.379 e. The minimum atomic E-state index is -0.856. The lowest BCUT2D eigenvalue weighted by molar-refractivity contribution is -0.137. The highest BCUT2D eigenvalue weighted by molar-refractivity contribution is 7.99. The third kappa shape index (κ3) is 3.91. The number of esters is 1. The maximum atomic E-state index is 11.9. The van der Waals surface area contributed by atoms with E-state index in [-0.39, 0.29) is 18.3 Å². The lowest BCUT2D eigenvalue weighted by Gasteiger charge is -2.16. The molecule has 5 nitrogen and oxygen atoms in total. The fourth-order valence-corrected chi connectivity index (χ4v) is 3.10. The molecule has 2 rings (SSSR count). The highest BCUT2D eigenvalue weighted by Gasteiger charge is 2.22. The van der Waals surface area contributed by atoms with Crippen LogP contribution in [-0.2, 0) is 9.53 Å². The Morgan fingerprint density at radius 3 is 2.76 bits per heavy atom. The molecule has 1 unspecified atom stereocenters. The van der Waals surface area contributed by atoms with Gasteiger partial charge in [-0.15, -0.1) is 0 Å². The molecule has 1 aromatic carbocycles. The topological polar surface area (TPSA) is 61.8 Å². The number of carbonyl (C=O) groups is 2. The molecule has 114 valence electrons. The molecule has 1 saturated heterocycles. The Bertz CT molecular complexity index is 523. The van der Waals surface area contributed by atoms with Crippen molar-refractivity contribution in [3.63, 3.8) is 0 Å². The van der Waals surface area contributed by atoms with Crippen LogP contribution in [0.15, 0.2) is 18.2 Å². The summed E-state index contributed by atoms with van der Waals surface area (Å²) in [5.74, 6) is 1.48. The first kappa shape index (κ1) is 15.7. The minimum absolute atomic E-state index is 0.108. The number of rotatable bonds is 6. The summed E-state index contributed by atoms with van der Waals surface area (Å²) in [6.07, 6.45) is 1.07. The Kier molecular flexibility index (Phi) is 5.50. The van der Waals surface area contributed by atoms with Gasteiger partial charge in [0.25, 0.3) is 5.78 Å². The molecule has 1 aliphatic rings. The summed E-state index contributed by atoms with van der Waals surface area (Å²) in [5.41, 5.74) is 0.245. The van der Waals surface area contributed by atoms with Gasteiger partial charge in [-0.3, -0.25) is 4.79 Å². The summed E-state index contributed by atoms with van der Waals surface area (Å²) < 4.78 is 15.8. The normalized spacial score (nSPS) is 17.3. The lowest BCUT2D eigenvalue weighted by Crippen LogP contribution is -2.19. The lowest BCUT2D eigenvalue weighted by atomic mass is 10.1. The molecule has 0 saturated carbocycles. The zero-order valence-corrected chi connectivity index (χ0v) is 12.9. The van der Waals surface area contributed by atoms with Gasteiger partial charge in [0.15, 0.2) is 11.5 Å². The summed E-state index contributed by atoms with van der Waals surface area (Å²) in [7, 11) is 1.54. The molecule has 0 spiro atoms. The van der Waals surface area contributed by atoms with E-state index >= 15 is 0 Å². The predicted octanol–water partition coefficient (Wildman–Crippen LogP) is 2.33. The van der Waals surface area contributed by atoms with Gasteiger partial charge in [0.05, 0.1) is 13.7 Å². The molecule has 0 radical (unpaired) electrons. The molecule has 21 heavy (non-hydrogen) atoms. The number of ether oxygens (including phenoxy) is 3. The molecule has 1 heterocycles. The molecule has 1 aromatic rings. The monoisotopic (exact) mass is 310 g/mol. The number of hydrogen-bond acceptors (Lipinski definition) is 6. The summed E-state index contributed by atoms with van der Waals surface area (Å²) in [4.78, 5) is 23.5. The molecule has 0 N–H and O–H groups in total. The van der Waals surface area contributed by atoms with Crippen molar-refractivity contribution in [2.45, 2.75) is 19.4 Å². The largest absolute Gasteiger partial charge is 0.493 e. The second kappa shape index (κ2) is 7.36. The molecule has 0 aromatic heterocycles. The number of hydrogen-bond donors (Lipinski definition) is 0. The first-order chi connectivity index (χ1) is 10.2. The van der Waals surface area contributed by atoms with Crippen LogP contribution in [-0.4, -0.2) is 43.1 Å². The van der Waals surface area contributed by atoms with E-state index in [0.29, 0.717) is 11.5 Å².